The summed E-state index contributed by atoms with van der Waals surface area (Å²) in [5, 5.41) is 2.35. The predicted molar refractivity (Wildman–Crippen MR) is 260 cm³/mol. The van der Waals surface area contributed by atoms with Crippen molar-refractivity contribution < 1.29 is 4.42 Å². The fourth-order valence-corrected chi connectivity index (χ4v) is 17.8. The first-order chi connectivity index (χ1) is 31.6. The highest BCUT2D eigenvalue weighted by molar-refractivity contribution is 6.09. The van der Waals surface area contributed by atoms with Crippen molar-refractivity contribution in [1.29, 1.82) is 0 Å². The second-order valence-electron chi connectivity index (χ2n) is 22.0. The summed E-state index contributed by atoms with van der Waals surface area (Å²) in [5.74, 6) is 6.44. The molecule has 2 nitrogen and oxygen atoms in total. The highest BCUT2D eigenvalue weighted by atomic mass is 16.3. The van der Waals surface area contributed by atoms with Crippen LogP contribution < -0.4 is 4.90 Å². The largest absolute Gasteiger partial charge is 0.455 e. The number of anilines is 3. The Kier molecular flexibility index (Phi) is 6.92. The molecule has 1 aromatic heterocycles. The monoisotopic (exact) mass is 827 g/mol. The Morgan fingerprint density at radius 1 is 0.391 bits per heavy atom. The summed E-state index contributed by atoms with van der Waals surface area (Å²) in [7, 11) is 0. The Morgan fingerprint density at radius 3 is 1.61 bits per heavy atom. The normalized spacial score (nSPS) is 31.6. The predicted octanol–water partition coefficient (Wildman–Crippen LogP) is 16.2. The SMILES string of the molecule is c1ccc2c(c1)-c1ccc(N(c3ccc(-c4cccc5c4oc4ccccc45)cc3)c3cccc4c3C3(c5ccccc5-4)C4CC5CC(C4)CC3C5)cc1C21C2CC3CC(C2)CC1C3. The van der Waals surface area contributed by atoms with Gasteiger partial charge in [0, 0.05) is 38.5 Å². The van der Waals surface area contributed by atoms with Crippen molar-refractivity contribution in [3.05, 3.63) is 174 Å². The van der Waals surface area contributed by atoms with Crippen molar-refractivity contribution >= 4 is 39.0 Å². The molecule has 2 heteroatoms. The third kappa shape index (κ3) is 4.35. The van der Waals surface area contributed by atoms with E-state index in [9.17, 15) is 0 Å². The van der Waals surface area contributed by atoms with Crippen LogP contribution in [0.2, 0.25) is 0 Å². The molecule has 0 saturated heterocycles. The topological polar surface area (TPSA) is 16.4 Å². The Labute approximate surface area is 376 Å². The van der Waals surface area contributed by atoms with E-state index in [1.165, 1.54) is 120 Å². The van der Waals surface area contributed by atoms with Crippen LogP contribution in [0.3, 0.4) is 0 Å². The van der Waals surface area contributed by atoms with Crippen LogP contribution in [0.25, 0.3) is 55.3 Å². The maximum Gasteiger partial charge on any atom is 0.143 e. The summed E-state index contributed by atoms with van der Waals surface area (Å²) >= 11 is 0. The molecule has 7 aromatic carbocycles. The Hall–Kier alpha value is -5.86. The van der Waals surface area contributed by atoms with Gasteiger partial charge in [-0.1, -0.05) is 115 Å². The minimum Gasteiger partial charge on any atom is -0.455 e. The zero-order valence-corrected chi connectivity index (χ0v) is 36.5. The second-order valence-corrected chi connectivity index (χ2v) is 22.0. The molecule has 0 radical (unpaired) electrons. The number of furan rings is 1. The number of hydrogen-bond donors (Lipinski definition) is 0. The molecule has 0 aliphatic heterocycles. The van der Waals surface area contributed by atoms with Crippen molar-refractivity contribution in [1.82, 2.24) is 0 Å². The molecule has 8 bridgehead atoms. The summed E-state index contributed by atoms with van der Waals surface area (Å²) in [6.07, 6.45) is 14.0. The maximum atomic E-state index is 6.60. The summed E-state index contributed by atoms with van der Waals surface area (Å²) in [6.45, 7) is 0. The van der Waals surface area contributed by atoms with Crippen LogP contribution >= 0.6 is 0 Å². The van der Waals surface area contributed by atoms with Gasteiger partial charge < -0.3 is 9.32 Å². The fourth-order valence-electron chi connectivity index (χ4n) is 17.8. The molecule has 8 aromatic rings. The van der Waals surface area contributed by atoms with Crippen molar-refractivity contribution in [2.75, 3.05) is 4.90 Å². The van der Waals surface area contributed by atoms with E-state index in [0.29, 0.717) is 11.8 Å². The lowest BCUT2D eigenvalue weighted by Gasteiger charge is -2.61. The molecule has 0 amide bonds. The number of benzene rings is 7. The summed E-state index contributed by atoms with van der Waals surface area (Å²) in [6, 6.07) is 59.1. The molecular weight excluding hydrogens is 775 g/mol. The highest BCUT2D eigenvalue weighted by Crippen LogP contribution is 2.72. The van der Waals surface area contributed by atoms with Crippen LogP contribution in [0.5, 0.6) is 0 Å². The van der Waals surface area contributed by atoms with Gasteiger partial charge in [-0.3, -0.25) is 0 Å². The van der Waals surface area contributed by atoms with Gasteiger partial charge >= 0.3 is 0 Å². The quantitative estimate of drug-likeness (QED) is 0.176. The Balaban J connectivity index is 0.929. The van der Waals surface area contributed by atoms with E-state index in [4.69, 9.17) is 4.42 Å². The van der Waals surface area contributed by atoms with Gasteiger partial charge in [0.2, 0.25) is 0 Å². The molecule has 8 saturated carbocycles. The van der Waals surface area contributed by atoms with Crippen LogP contribution in [0.4, 0.5) is 17.1 Å². The van der Waals surface area contributed by atoms with E-state index in [0.717, 1.165) is 52.2 Å². The molecule has 8 fully saturated rings. The van der Waals surface area contributed by atoms with E-state index >= 15 is 0 Å². The molecule has 1 heterocycles. The van der Waals surface area contributed by atoms with Crippen LogP contribution in [-0.2, 0) is 10.8 Å². The first kappa shape index (κ1) is 35.5. The van der Waals surface area contributed by atoms with Crippen molar-refractivity contribution in [3.63, 3.8) is 0 Å². The molecule has 0 unspecified atom stereocenters. The van der Waals surface area contributed by atoms with Crippen LogP contribution in [-0.4, -0.2) is 0 Å². The van der Waals surface area contributed by atoms with Gasteiger partial charge in [-0.25, -0.2) is 0 Å². The van der Waals surface area contributed by atoms with Gasteiger partial charge in [0.1, 0.15) is 11.2 Å². The number of nitrogens with zero attached hydrogens (tertiary/aromatic N) is 1. The van der Waals surface area contributed by atoms with Crippen molar-refractivity contribution in [2.24, 2.45) is 47.3 Å². The fraction of sp³-hybridized carbons (Fsp3) is 0.323. The highest BCUT2D eigenvalue weighted by Gasteiger charge is 2.64. The van der Waals surface area contributed by atoms with Crippen LogP contribution in [0, 0.1) is 47.3 Å². The van der Waals surface area contributed by atoms with E-state index in [2.05, 4.69) is 157 Å². The van der Waals surface area contributed by atoms with E-state index < -0.39 is 0 Å². The Bertz CT molecular complexity index is 3220. The van der Waals surface area contributed by atoms with Gasteiger partial charge in [0.15, 0.2) is 0 Å². The minimum absolute atomic E-state index is 0.0423. The maximum absolute atomic E-state index is 6.60. The van der Waals surface area contributed by atoms with E-state index in [1.54, 1.807) is 22.3 Å². The molecule has 0 atom stereocenters. The average molecular weight is 828 g/mol. The molecule has 0 N–H and O–H groups in total. The lowest BCUT2D eigenvalue weighted by atomic mass is 9.43. The zero-order chi connectivity index (χ0) is 41.5. The van der Waals surface area contributed by atoms with Crippen molar-refractivity contribution in [3.8, 4) is 33.4 Å². The third-order valence-electron chi connectivity index (χ3n) is 19.4. The molecule has 312 valence electrons. The van der Waals surface area contributed by atoms with Crippen LogP contribution in [0.15, 0.2) is 156 Å². The standard InChI is InChI=1S/C62H53NO/c1-4-15-54-48(9-1)50-24-23-46(35-56(50)61(54)41-27-36-25-37(29-41)30-42(61)28-36)63(45-21-19-40(20-22-45)47-12-7-14-53-51-11-3-6-18-58(51)64-60(47)53)57-17-8-13-52-49-10-2-5-16-55(49)62(59(52)57)43-31-38-26-39(33-43)34-44(62)32-38/h1-24,35-39,41-44H,25-34H2. The molecule has 10 aliphatic carbocycles. The van der Waals surface area contributed by atoms with E-state index in [-0.39, 0.29) is 10.8 Å². The third-order valence-corrected chi connectivity index (χ3v) is 19.4. The molecule has 2 spiro atoms. The zero-order valence-electron chi connectivity index (χ0n) is 36.5. The minimum atomic E-state index is 0.0423. The number of rotatable bonds is 4. The first-order valence-electron chi connectivity index (χ1n) is 24.9. The smallest absolute Gasteiger partial charge is 0.143 e. The molecule has 64 heavy (non-hydrogen) atoms. The van der Waals surface area contributed by atoms with Gasteiger partial charge in [0.25, 0.3) is 0 Å². The molecule has 18 rings (SSSR count). The number of hydrogen-bond acceptors (Lipinski definition) is 2. The second kappa shape index (κ2) is 12.5. The van der Waals surface area contributed by atoms with Gasteiger partial charge in [0.05, 0.1) is 5.69 Å². The Morgan fingerprint density at radius 2 is 0.906 bits per heavy atom. The summed E-state index contributed by atoms with van der Waals surface area (Å²) in [5.41, 5.74) is 20.8. The lowest BCUT2D eigenvalue weighted by Crippen LogP contribution is -2.55. The van der Waals surface area contributed by atoms with Crippen LogP contribution in [0.1, 0.15) is 86.5 Å². The lowest BCUT2D eigenvalue weighted by molar-refractivity contribution is -0.0399. The number of para-hydroxylation sites is 2. The molecule has 10 aliphatic rings. The first-order valence-corrected chi connectivity index (χ1v) is 24.9. The van der Waals surface area contributed by atoms with E-state index in [1.807, 2.05) is 0 Å². The van der Waals surface area contributed by atoms with Crippen molar-refractivity contribution in [2.45, 2.75) is 75.0 Å². The summed E-state index contributed by atoms with van der Waals surface area (Å²) in [4.78, 5) is 2.73. The average Bonchev–Trinajstić information content (AvgIpc) is 3.95. The van der Waals surface area contributed by atoms with Gasteiger partial charge in [-0.05, 0) is 198 Å². The van der Waals surface area contributed by atoms with Gasteiger partial charge in [-0.2, -0.15) is 0 Å². The molecular formula is C62H53NO. The van der Waals surface area contributed by atoms with Gasteiger partial charge in [-0.15, -0.1) is 0 Å². The number of fused-ring (bicyclic) bond motifs is 9. The summed E-state index contributed by atoms with van der Waals surface area (Å²) < 4.78 is 6.60.